The van der Waals surface area contributed by atoms with Crippen LogP contribution in [0.25, 0.3) is 11.2 Å². The smallest absolute Gasteiger partial charge is 0.394 e. The molecule has 1 aliphatic heterocycles. The van der Waals surface area contributed by atoms with E-state index in [9.17, 15) is 33.3 Å². The van der Waals surface area contributed by atoms with Crippen molar-refractivity contribution in [3.8, 4) is 11.8 Å². The Morgan fingerprint density at radius 1 is 1.16 bits per heavy atom. The molecule has 2 aromatic heterocycles. The van der Waals surface area contributed by atoms with E-state index >= 15 is 0 Å². The van der Waals surface area contributed by atoms with Crippen LogP contribution < -0.4 is 11.3 Å². The fourth-order valence-corrected chi connectivity index (χ4v) is 3.29. The van der Waals surface area contributed by atoms with E-state index in [4.69, 9.17) is 10.5 Å². The standard InChI is InChI=1S/C19H16F3N5O5/c20-19(21,22)9-4-1-8(2-5-9)3-6-11-24-12-15(25-18(23)26-16(12)31)27(11)17-14(30)13(29)10(7-28)32-17/h1-2,4-5,10,13-14,17,28-30H,7H2,(H3,23,25,26,31)/t10-,13-,14-,17-/m1/s1. The van der Waals surface area contributed by atoms with Crippen LogP contribution in [0, 0.1) is 11.8 Å². The minimum Gasteiger partial charge on any atom is -0.394 e. The number of hydrogen-bond donors (Lipinski definition) is 5. The van der Waals surface area contributed by atoms with Crippen molar-refractivity contribution in [2.75, 3.05) is 12.3 Å². The molecule has 1 saturated heterocycles. The fourth-order valence-electron chi connectivity index (χ4n) is 3.29. The third-order valence-electron chi connectivity index (χ3n) is 4.87. The number of aliphatic hydroxyl groups is 3. The molecule has 1 aliphatic rings. The van der Waals surface area contributed by atoms with Crippen molar-refractivity contribution in [3.63, 3.8) is 0 Å². The molecular formula is C19H16F3N5O5. The van der Waals surface area contributed by atoms with Gasteiger partial charge in [-0.2, -0.15) is 18.2 Å². The predicted molar refractivity (Wildman–Crippen MR) is 103 cm³/mol. The molecule has 3 heterocycles. The zero-order valence-electron chi connectivity index (χ0n) is 16.0. The van der Waals surface area contributed by atoms with E-state index in [2.05, 4.69) is 26.8 Å². The number of ether oxygens (including phenoxy) is 1. The normalized spacial score (nSPS) is 23.3. The average molecular weight is 451 g/mol. The Bertz CT molecular complexity index is 1280. The minimum absolute atomic E-state index is 0.0993. The molecule has 0 radical (unpaired) electrons. The largest absolute Gasteiger partial charge is 0.416 e. The van der Waals surface area contributed by atoms with Gasteiger partial charge in [0.25, 0.3) is 5.56 Å². The van der Waals surface area contributed by atoms with Crippen molar-refractivity contribution in [2.45, 2.75) is 30.7 Å². The van der Waals surface area contributed by atoms with Crippen LogP contribution in [0.5, 0.6) is 0 Å². The summed E-state index contributed by atoms with van der Waals surface area (Å²) in [5.41, 5.74) is 4.00. The first kappa shape index (κ1) is 21.8. The Kier molecular flexibility index (Phi) is 5.39. The van der Waals surface area contributed by atoms with Gasteiger partial charge in [-0.15, -0.1) is 0 Å². The van der Waals surface area contributed by atoms with Crippen LogP contribution >= 0.6 is 0 Å². The van der Waals surface area contributed by atoms with Crippen LogP contribution in [0.3, 0.4) is 0 Å². The number of aliphatic hydroxyl groups excluding tert-OH is 3. The first-order valence-electron chi connectivity index (χ1n) is 9.19. The number of anilines is 1. The number of benzene rings is 1. The lowest BCUT2D eigenvalue weighted by molar-refractivity contribution is -0.137. The van der Waals surface area contributed by atoms with E-state index in [0.717, 1.165) is 16.7 Å². The predicted octanol–water partition coefficient (Wildman–Crippen LogP) is -0.268. The maximum Gasteiger partial charge on any atom is 0.416 e. The third-order valence-corrected chi connectivity index (χ3v) is 4.87. The van der Waals surface area contributed by atoms with Crippen LogP contribution in [0.2, 0.25) is 0 Å². The molecule has 0 saturated carbocycles. The molecule has 10 nitrogen and oxygen atoms in total. The number of rotatable bonds is 2. The first-order valence-corrected chi connectivity index (χ1v) is 9.19. The number of halogens is 3. The van der Waals surface area contributed by atoms with Crippen molar-refractivity contribution in [1.82, 2.24) is 19.5 Å². The highest BCUT2D eigenvalue weighted by Crippen LogP contribution is 2.32. The van der Waals surface area contributed by atoms with E-state index in [-0.39, 0.29) is 28.5 Å². The molecule has 4 atom stereocenters. The number of H-pyrrole nitrogens is 1. The van der Waals surface area contributed by atoms with Gasteiger partial charge in [-0.1, -0.05) is 5.92 Å². The molecular weight excluding hydrogens is 435 g/mol. The van der Waals surface area contributed by atoms with Crippen molar-refractivity contribution >= 4 is 17.1 Å². The van der Waals surface area contributed by atoms with E-state index in [1.807, 2.05) is 0 Å². The zero-order valence-corrected chi connectivity index (χ0v) is 16.0. The quantitative estimate of drug-likeness (QED) is 0.333. The second-order valence-electron chi connectivity index (χ2n) is 6.98. The lowest BCUT2D eigenvalue weighted by Crippen LogP contribution is -2.33. The van der Waals surface area contributed by atoms with Crippen molar-refractivity contribution in [1.29, 1.82) is 0 Å². The summed E-state index contributed by atoms with van der Waals surface area (Å²) in [5, 5.41) is 29.9. The highest BCUT2D eigenvalue weighted by Gasteiger charge is 2.45. The highest BCUT2D eigenvalue weighted by molar-refractivity contribution is 5.73. The van der Waals surface area contributed by atoms with Crippen LogP contribution in [0.4, 0.5) is 19.1 Å². The van der Waals surface area contributed by atoms with Gasteiger partial charge in [-0.05, 0) is 30.2 Å². The first-order chi connectivity index (χ1) is 15.1. The van der Waals surface area contributed by atoms with Gasteiger partial charge in [0.15, 0.2) is 23.2 Å². The second kappa shape index (κ2) is 7.92. The molecule has 1 aromatic carbocycles. The van der Waals surface area contributed by atoms with Gasteiger partial charge in [-0.3, -0.25) is 14.3 Å². The highest BCUT2D eigenvalue weighted by atomic mass is 19.4. The number of imidazole rings is 1. The Morgan fingerprint density at radius 2 is 1.84 bits per heavy atom. The van der Waals surface area contributed by atoms with Crippen LogP contribution in [0.1, 0.15) is 23.2 Å². The van der Waals surface area contributed by atoms with E-state index < -0.39 is 48.4 Å². The average Bonchev–Trinajstić information content (AvgIpc) is 3.23. The summed E-state index contributed by atoms with van der Waals surface area (Å²) < 4.78 is 44.9. The second-order valence-corrected chi connectivity index (χ2v) is 6.98. The summed E-state index contributed by atoms with van der Waals surface area (Å²) >= 11 is 0. The third kappa shape index (κ3) is 3.80. The van der Waals surface area contributed by atoms with Crippen molar-refractivity contribution < 1.29 is 33.2 Å². The minimum atomic E-state index is -4.49. The number of aromatic nitrogens is 4. The maximum atomic E-state index is 12.7. The molecule has 0 unspecified atom stereocenters. The molecule has 13 heteroatoms. The van der Waals surface area contributed by atoms with Gasteiger partial charge >= 0.3 is 6.18 Å². The topological polar surface area (TPSA) is 160 Å². The fraction of sp³-hybridized carbons (Fsp3) is 0.316. The van der Waals surface area contributed by atoms with Crippen LogP contribution in [0.15, 0.2) is 29.1 Å². The Morgan fingerprint density at radius 3 is 2.44 bits per heavy atom. The lowest BCUT2D eigenvalue weighted by atomic mass is 10.1. The molecule has 0 bridgehead atoms. The molecule has 168 valence electrons. The zero-order chi connectivity index (χ0) is 23.2. The lowest BCUT2D eigenvalue weighted by Gasteiger charge is -2.17. The summed E-state index contributed by atoms with van der Waals surface area (Å²) in [5.74, 6) is 4.87. The summed E-state index contributed by atoms with van der Waals surface area (Å²) in [4.78, 5) is 22.6. The van der Waals surface area contributed by atoms with Gasteiger partial charge in [0.05, 0.1) is 12.2 Å². The molecule has 0 spiro atoms. The number of fused-ring (bicyclic) bond motifs is 1. The summed E-state index contributed by atoms with van der Waals surface area (Å²) in [6.45, 7) is -0.593. The molecule has 32 heavy (non-hydrogen) atoms. The summed E-state index contributed by atoms with van der Waals surface area (Å²) in [6.07, 6.45) is -9.91. The van der Waals surface area contributed by atoms with Gasteiger partial charge in [0.2, 0.25) is 5.95 Å². The molecule has 0 amide bonds. The number of hydrogen-bond acceptors (Lipinski definition) is 8. The van der Waals surface area contributed by atoms with Crippen LogP contribution in [-0.2, 0) is 10.9 Å². The van der Waals surface area contributed by atoms with Gasteiger partial charge in [0, 0.05) is 5.56 Å². The van der Waals surface area contributed by atoms with E-state index in [1.54, 1.807) is 0 Å². The monoisotopic (exact) mass is 451 g/mol. The van der Waals surface area contributed by atoms with E-state index in [0.29, 0.717) is 0 Å². The number of nitrogens with two attached hydrogens (primary N) is 1. The molecule has 1 fully saturated rings. The van der Waals surface area contributed by atoms with Gasteiger partial charge < -0.3 is 25.8 Å². The number of nitrogens with one attached hydrogen (secondary N) is 1. The summed E-state index contributed by atoms with van der Waals surface area (Å²) in [7, 11) is 0. The molecule has 3 aromatic rings. The maximum absolute atomic E-state index is 12.7. The van der Waals surface area contributed by atoms with Crippen molar-refractivity contribution in [2.24, 2.45) is 0 Å². The molecule has 0 aliphatic carbocycles. The number of nitrogen functional groups attached to an aromatic ring is 1. The number of nitrogens with zero attached hydrogens (tertiary/aromatic N) is 3. The molecule has 4 rings (SSSR count). The van der Waals surface area contributed by atoms with Gasteiger partial charge in [0.1, 0.15) is 18.3 Å². The number of alkyl halides is 3. The Labute approximate surface area is 177 Å². The van der Waals surface area contributed by atoms with Crippen molar-refractivity contribution in [3.05, 3.63) is 51.6 Å². The number of aromatic amines is 1. The Balaban J connectivity index is 1.82. The van der Waals surface area contributed by atoms with Crippen LogP contribution in [-0.4, -0.2) is 59.8 Å². The van der Waals surface area contributed by atoms with Gasteiger partial charge in [-0.25, -0.2) is 4.98 Å². The SMILES string of the molecule is Nc1nc2c(nc(C#Cc3ccc(C(F)(F)F)cc3)n2[C@@H]2O[C@H](CO)[C@@H](O)[C@H]2O)c(=O)[nH]1. The molecule has 6 N–H and O–H groups in total. The summed E-state index contributed by atoms with van der Waals surface area (Å²) in [6, 6.07) is 4.06. The van der Waals surface area contributed by atoms with E-state index in [1.165, 1.54) is 12.1 Å². The Hall–Kier alpha value is -3.44.